The van der Waals surface area contributed by atoms with Gasteiger partial charge in [0.25, 0.3) is 0 Å². The van der Waals surface area contributed by atoms with Gasteiger partial charge >= 0.3 is 35.4 Å². The molecule has 40 heavy (non-hydrogen) atoms. The molecule has 0 heterocycles. The van der Waals surface area contributed by atoms with Crippen molar-refractivity contribution in [3.63, 3.8) is 0 Å². The summed E-state index contributed by atoms with van der Waals surface area (Å²) in [5.41, 5.74) is 0. The monoisotopic (exact) mass is 648 g/mol. The number of carbonyl (C=O) groups is 2. The predicted molar refractivity (Wildman–Crippen MR) is 128 cm³/mol. The van der Waals surface area contributed by atoms with Crippen molar-refractivity contribution in [1.82, 2.24) is 0 Å². The van der Waals surface area contributed by atoms with Crippen molar-refractivity contribution >= 4 is 35.4 Å². The van der Waals surface area contributed by atoms with Crippen LogP contribution in [0.2, 0.25) is 0 Å². The van der Waals surface area contributed by atoms with Crippen molar-refractivity contribution in [3.05, 3.63) is 0 Å². The number of aliphatic hydroxyl groups is 3. The first-order valence-electron chi connectivity index (χ1n) is 11.8. The van der Waals surface area contributed by atoms with Gasteiger partial charge in [-0.3, -0.25) is 27.7 Å². The molecule has 1 fully saturated rings. The van der Waals surface area contributed by atoms with Crippen LogP contribution in [0.15, 0.2) is 0 Å². The molecule has 236 valence electrons. The van der Waals surface area contributed by atoms with E-state index in [2.05, 4.69) is 13.6 Å². The molecule has 0 bridgehead atoms. The molecule has 0 aromatic heterocycles. The fourth-order valence-electron chi connectivity index (χ4n) is 3.36. The molecule has 1 unspecified atom stereocenters. The summed E-state index contributed by atoms with van der Waals surface area (Å²) in [6.07, 6.45) is -14.7. The number of aliphatic hydroxyl groups excluding tert-OH is 3. The van der Waals surface area contributed by atoms with E-state index in [4.69, 9.17) is 33.6 Å². The minimum Gasteiger partial charge on any atom is -0.462 e. The smallest absolute Gasteiger partial charge is 0.462 e. The summed E-state index contributed by atoms with van der Waals surface area (Å²) >= 11 is 0. The molecule has 0 spiro atoms. The van der Waals surface area contributed by atoms with E-state index in [0.717, 1.165) is 0 Å². The second-order valence-corrected chi connectivity index (χ2v) is 12.4. The summed E-state index contributed by atoms with van der Waals surface area (Å²) in [6.45, 7) is 2.01. The average Bonchev–Trinajstić information content (AvgIpc) is 2.82. The molecule has 0 aromatic rings. The number of rotatable bonds is 17. The molecule has 1 saturated carbocycles. The number of phosphoric ester groups is 3. The van der Waals surface area contributed by atoms with Crippen LogP contribution in [-0.2, 0) is 50.9 Å². The second kappa shape index (κ2) is 16.1. The first kappa shape index (κ1) is 37.2. The van der Waals surface area contributed by atoms with Crippen molar-refractivity contribution in [2.75, 3.05) is 13.2 Å². The van der Waals surface area contributed by atoms with E-state index in [9.17, 15) is 43.5 Å². The summed E-state index contributed by atoms with van der Waals surface area (Å²) in [6, 6.07) is 0. The third-order valence-corrected chi connectivity index (χ3v) is 7.15. The number of unbranched alkanes of at least 4 members (excludes halogenated alkanes) is 1. The van der Waals surface area contributed by atoms with Gasteiger partial charge in [-0.15, -0.1) is 0 Å². The number of carbonyl (C=O) groups excluding carboxylic acids is 2. The van der Waals surface area contributed by atoms with Gasteiger partial charge in [-0.2, -0.15) is 0 Å². The average molecular weight is 648 g/mol. The Morgan fingerprint density at radius 2 is 1.23 bits per heavy atom. The molecule has 1 rings (SSSR count). The number of phosphoric acid groups is 3. The summed E-state index contributed by atoms with van der Waals surface area (Å²) in [5, 5.41) is 31.0. The molecule has 22 heteroatoms. The van der Waals surface area contributed by atoms with Crippen molar-refractivity contribution in [2.45, 2.75) is 88.7 Å². The molecule has 19 nitrogen and oxygen atoms in total. The van der Waals surface area contributed by atoms with E-state index in [0.29, 0.717) is 19.3 Å². The zero-order chi connectivity index (χ0) is 30.9. The molecule has 0 amide bonds. The maximum atomic E-state index is 12.6. The van der Waals surface area contributed by atoms with E-state index in [1.807, 2.05) is 0 Å². The molecule has 0 saturated heterocycles. The Morgan fingerprint density at radius 3 is 1.73 bits per heavy atom. The minimum absolute atomic E-state index is 0.0274. The lowest BCUT2D eigenvalue weighted by atomic mass is 9.85. The molecule has 1 aliphatic carbocycles. The summed E-state index contributed by atoms with van der Waals surface area (Å²) in [5.74, 6) is -1.41. The molecule has 8 N–H and O–H groups in total. The van der Waals surface area contributed by atoms with Crippen molar-refractivity contribution in [3.8, 4) is 0 Å². The zero-order valence-electron chi connectivity index (χ0n) is 21.4. The predicted octanol–water partition coefficient (Wildman–Crippen LogP) is -1.01. The Labute approximate surface area is 228 Å². The van der Waals surface area contributed by atoms with Crippen LogP contribution >= 0.6 is 23.5 Å². The number of hydrogen-bond donors (Lipinski definition) is 8. The van der Waals surface area contributed by atoms with Gasteiger partial charge in [0.1, 0.15) is 43.2 Å². The fraction of sp³-hybridized carbons (Fsp3) is 0.889. The lowest BCUT2D eigenvalue weighted by Gasteiger charge is -2.44. The van der Waals surface area contributed by atoms with Gasteiger partial charge in [-0.25, -0.2) is 13.7 Å². The normalized spacial score (nSPS) is 27.9. The van der Waals surface area contributed by atoms with Gasteiger partial charge in [-0.05, 0) is 12.8 Å². The first-order valence-corrected chi connectivity index (χ1v) is 16.4. The molecular formula is C18H35O19P3. The second-order valence-electron chi connectivity index (χ2n) is 8.58. The van der Waals surface area contributed by atoms with Gasteiger partial charge in [0.05, 0.1) is 6.61 Å². The van der Waals surface area contributed by atoms with E-state index >= 15 is 0 Å². The van der Waals surface area contributed by atoms with Gasteiger partial charge in [-0.1, -0.05) is 20.3 Å². The molecule has 8 atom stereocenters. The van der Waals surface area contributed by atoms with Crippen LogP contribution in [0.3, 0.4) is 0 Å². The lowest BCUT2D eigenvalue weighted by molar-refractivity contribution is -0.213. The first-order chi connectivity index (χ1) is 18.3. The Hall–Kier alpha value is -0.850. The summed E-state index contributed by atoms with van der Waals surface area (Å²) < 4.78 is 63.1. The fourth-order valence-corrected chi connectivity index (χ4v) is 5.45. The molecular weight excluding hydrogens is 613 g/mol. The van der Waals surface area contributed by atoms with Crippen molar-refractivity contribution in [2.24, 2.45) is 0 Å². The van der Waals surface area contributed by atoms with E-state index in [1.54, 1.807) is 13.8 Å². The van der Waals surface area contributed by atoms with Crippen molar-refractivity contribution < 1.29 is 90.6 Å². The third-order valence-electron chi connectivity index (χ3n) is 5.13. The standard InChI is InChI=1S/C18H35O19P3/c1-3-5-7-12(20)34-10(8-32-11(19)6-4-2)9-33-40(30,31)37-16-13(21)14(22)17(35-38(24,25)26)18(15(16)23)36-39(27,28)29/h10,13-18,21-23H,3-9H2,1-2H3,(H,30,31)(H2,24,25,26)(H2,27,28,29)/t10-,13-,14+,15+,16-,17-,18-/m1/s1. The van der Waals surface area contributed by atoms with Gasteiger partial charge in [0, 0.05) is 12.8 Å². The molecule has 0 aromatic carbocycles. The SMILES string of the molecule is CCCCC(=O)O[C@H](COC(=O)CCC)COP(=O)(O)O[C@@H]1[C@H](O)[C@H](O)[C@@H](OP(=O)(O)O)[C@H](OP(=O)(O)O)[C@H]1O. The Kier molecular flexibility index (Phi) is 15.0. The van der Waals surface area contributed by atoms with Crippen LogP contribution in [0.4, 0.5) is 0 Å². The third kappa shape index (κ3) is 13.4. The van der Waals surface area contributed by atoms with Crippen LogP contribution < -0.4 is 0 Å². The van der Waals surface area contributed by atoms with Crippen LogP contribution in [0, 0.1) is 0 Å². The van der Waals surface area contributed by atoms with Crippen LogP contribution in [-0.4, -0.2) is 108 Å². The van der Waals surface area contributed by atoms with Gasteiger partial charge in [0.2, 0.25) is 0 Å². The Morgan fingerprint density at radius 1 is 0.700 bits per heavy atom. The Balaban J connectivity index is 3.06. The highest BCUT2D eigenvalue weighted by molar-refractivity contribution is 7.47. The van der Waals surface area contributed by atoms with Crippen molar-refractivity contribution in [1.29, 1.82) is 0 Å². The minimum atomic E-state index is -5.56. The number of ether oxygens (including phenoxy) is 2. The van der Waals surface area contributed by atoms with E-state index < -0.39 is 91.3 Å². The molecule has 1 aliphatic rings. The van der Waals surface area contributed by atoms with Crippen LogP contribution in [0.5, 0.6) is 0 Å². The van der Waals surface area contributed by atoms with Crippen LogP contribution in [0.1, 0.15) is 46.0 Å². The van der Waals surface area contributed by atoms with E-state index in [-0.39, 0.29) is 12.8 Å². The number of esters is 2. The quantitative estimate of drug-likeness (QED) is 0.0691. The highest BCUT2D eigenvalue weighted by Crippen LogP contribution is 2.51. The summed E-state index contributed by atoms with van der Waals surface area (Å²) in [7, 11) is -16.5. The summed E-state index contributed by atoms with van der Waals surface area (Å²) in [4.78, 5) is 70.1. The maximum absolute atomic E-state index is 12.6. The van der Waals surface area contributed by atoms with Crippen LogP contribution in [0.25, 0.3) is 0 Å². The van der Waals surface area contributed by atoms with E-state index in [1.165, 1.54) is 0 Å². The topological polar surface area (TPSA) is 303 Å². The largest absolute Gasteiger partial charge is 0.472 e. The Bertz CT molecular complexity index is 964. The zero-order valence-corrected chi connectivity index (χ0v) is 24.1. The highest BCUT2D eigenvalue weighted by atomic mass is 31.2. The van der Waals surface area contributed by atoms with Gasteiger partial charge in [0.15, 0.2) is 6.10 Å². The maximum Gasteiger partial charge on any atom is 0.472 e. The lowest BCUT2D eigenvalue weighted by Crippen LogP contribution is -2.65. The highest BCUT2D eigenvalue weighted by Gasteiger charge is 2.56. The number of hydrogen-bond acceptors (Lipinski definition) is 14. The molecule has 0 radical (unpaired) electrons. The van der Waals surface area contributed by atoms with Gasteiger partial charge < -0.3 is 49.3 Å². The molecule has 0 aliphatic heterocycles.